The summed E-state index contributed by atoms with van der Waals surface area (Å²) in [5, 5.41) is 0. The number of ether oxygens (including phenoxy) is 2. The molecule has 2 aliphatic heterocycles. The summed E-state index contributed by atoms with van der Waals surface area (Å²) in [6.07, 6.45) is 0.443. The molecule has 1 aromatic rings. The minimum absolute atomic E-state index is 0.00505. The highest BCUT2D eigenvalue weighted by Crippen LogP contribution is 2.31. The maximum atomic E-state index is 12.4. The first-order chi connectivity index (χ1) is 9.28. The highest BCUT2D eigenvalue weighted by Gasteiger charge is 2.34. The summed E-state index contributed by atoms with van der Waals surface area (Å²) in [6.45, 7) is 2.41. The van der Waals surface area contributed by atoms with Crippen LogP contribution in [0.5, 0.6) is 11.5 Å². The van der Waals surface area contributed by atoms with Crippen LogP contribution >= 0.6 is 0 Å². The van der Waals surface area contributed by atoms with Gasteiger partial charge in [0, 0.05) is 13.1 Å². The molecule has 1 saturated heterocycles. The predicted molar refractivity (Wildman–Crippen MR) is 70.1 cm³/mol. The quantitative estimate of drug-likeness (QED) is 0.849. The van der Waals surface area contributed by atoms with E-state index in [1.165, 1.54) is 0 Å². The number of nitrogens with zero attached hydrogens (tertiary/aromatic N) is 1. The van der Waals surface area contributed by atoms with Crippen molar-refractivity contribution in [3.05, 3.63) is 24.3 Å². The van der Waals surface area contributed by atoms with Crippen molar-refractivity contribution in [1.29, 1.82) is 0 Å². The van der Waals surface area contributed by atoms with Crippen molar-refractivity contribution in [2.24, 2.45) is 11.7 Å². The molecule has 0 saturated carbocycles. The first-order valence-corrected chi connectivity index (χ1v) is 6.65. The van der Waals surface area contributed by atoms with Crippen molar-refractivity contribution in [3.63, 3.8) is 0 Å². The molecule has 0 aliphatic carbocycles. The number of hydrogen-bond donors (Lipinski definition) is 1. The Hall–Kier alpha value is -1.75. The van der Waals surface area contributed by atoms with E-state index in [9.17, 15) is 4.79 Å². The van der Waals surface area contributed by atoms with Crippen molar-refractivity contribution in [2.75, 3.05) is 26.2 Å². The van der Waals surface area contributed by atoms with E-state index in [1.54, 1.807) is 0 Å². The van der Waals surface area contributed by atoms with Crippen molar-refractivity contribution in [3.8, 4) is 11.5 Å². The van der Waals surface area contributed by atoms with Gasteiger partial charge in [0.15, 0.2) is 11.5 Å². The molecule has 19 heavy (non-hydrogen) atoms. The third-order valence-electron chi connectivity index (χ3n) is 3.71. The van der Waals surface area contributed by atoms with Crippen LogP contribution in [0.4, 0.5) is 0 Å². The molecule has 0 bridgehead atoms. The van der Waals surface area contributed by atoms with Crippen molar-refractivity contribution < 1.29 is 14.3 Å². The second-order valence-corrected chi connectivity index (χ2v) is 5.04. The molecule has 0 radical (unpaired) electrons. The Bertz CT molecular complexity index is 478. The van der Waals surface area contributed by atoms with E-state index in [0.29, 0.717) is 24.0 Å². The third kappa shape index (κ3) is 2.38. The maximum absolute atomic E-state index is 12.4. The van der Waals surface area contributed by atoms with Crippen LogP contribution in [0, 0.1) is 5.92 Å². The van der Waals surface area contributed by atoms with Crippen LogP contribution in [-0.4, -0.2) is 43.2 Å². The smallest absolute Gasteiger partial charge is 0.267 e. The summed E-state index contributed by atoms with van der Waals surface area (Å²) < 4.78 is 11.3. The molecule has 1 fully saturated rings. The van der Waals surface area contributed by atoms with Crippen molar-refractivity contribution in [1.82, 2.24) is 4.90 Å². The average molecular weight is 262 g/mol. The lowest BCUT2D eigenvalue weighted by atomic mass is 10.1. The van der Waals surface area contributed by atoms with Crippen molar-refractivity contribution >= 4 is 5.91 Å². The van der Waals surface area contributed by atoms with Crippen LogP contribution in [0.3, 0.4) is 0 Å². The van der Waals surface area contributed by atoms with Gasteiger partial charge in [0.25, 0.3) is 5.91 Å². The topological polar surface area (TPSA) is 64.8 Å². The maximum Gasteiger partial charge on any atom is 0.267 e. The minimum atomic E-state index is -0.536. The van der Waals surface area contributed by atoms with E-state index in [2.05, 4.69) is 0 Å². The largest absolute Gasteiger partial charge is 0.485 e. The first-order valence-electron chi connectivity index (χ1n) is 6.65. The lowest BCUT2D eigenvalue weighted by Gasteiger charge is -2.28. The fraction of sp³-hybridized carbons (Fsp3) is 0.500. The molecule has 1 aromatic carbocycles. The molecule has 2 atom stereocenters. The van der Waals surface area contributed by atoms with Gasteiger partial charge in [-0.25, -0.2) is 0 Å². The Morgan fingerprint density at radius 2 is 2.16 bits per heavy atom. The molecule has 1 amide bonds. The molecule has 2 heterocycles. The SMILES string of the molecule is NC[C@@H]1CCN(C(=O)[C@H]2COc3ccccc3O2)C1. The highest BCUT2D eigenvalue weighted by molar-refractivity contribution is 5.82. The summed E-state index contributed by atoms with van der Waals surface area (Å²) in [5.74, 6) is 1.76. The van der Waals surface area contributed by atoms with Gasteiger partial charge in [-0.2, -0.15) is 0 Å². The molecule has 0 spiro atoms. The Morgan fingerprint density at radius 3 is 2.89 bits per heavy atom. The first kappa shape index (κ1) is 12.3. The molecule has 5 nitrogen and oxygen atoms in total. The number of carbonyl (C=O) groups is 1. The molecular weight excluding hydrogens is 244 g/mol. The van der Waals surface area contributed by atoms with Crippen LogP contribution in [0.2, 0.25) is 0 Å². The van der Waals surface area contributed by atoms with Gasteiger partial charge in [-0.1, -0.05) is 12.1 Å². The normalized spacial score (nSPS) is 25.4. The van der Waals surface area contributed by atoms with Crippen LogP contribution < -0.4 is 15.2 Å². The summed E-state index contributed by atoms with van der Waals surface area (Å²) >= 11 is 0. The number of carbonyl (C=O) groups excluding carboxylic acids is 1. The van der Waals surface area contributed by atoms with E-state index in [4.69, 9.17) is 15.2 Å². The lowest BCUT2D eigenvalue weighted by molar-refractivity contribution is -0.140. The van der Waals surface area contributed by atoms with Gasteiger partial charge in [0.05, 0.1) is 0 Å². The molecule has 3 rings (SSSR count). The molecule has 0 unspecified atom stereocenters. The zero-order chi connectivity index (χ0) is 13.2. The third-order valence-corrected chi connectivity index (χ3v) is 3.71. The minimum Gasteiger partial charge on any atom is -0.485 e. The summed E-state index contributed by atoms with van der Waals surface area (Å²) in [5.41, 5.74) is 5.64. The number of rotatable bonds is 2. The van der Waals surface area contributed by atoms with E-state index in [0.717, 1.165) is 19.5 Å². The van der Waals surface area contributed by atoms with Gasteiger partial charge in [-0.15, -0.1) is 0 Å². The fourth-order valence-corrected chi connectivity index (χ4v) is 2.57. The number of nitrogens with two attached hydrogens (primary N) is 1. The molecule has 102 valence electrons. The van der Waals surface area contributed by atoms with E-state index in [-0.39, 0.29) is 12.5 Å². The number of amides is 1. The van der Waals surface area contributed by atoms with Gasteiger partial charge in [0.1, 0.15) is 6.61 Å². The van der Waals surface area contributed by atoms with Crippen molar-refractivity contribution in [2.45, 2.75) is 12.5 Å². The molecular formula is C14H18N2O3. The van der Waals surface area contributed by atoms with Gasteiger partial charge >= 0.3 is 0 Å². The monoisotopic (exact) mass is 262 g/mol. The number of para-hydroxylation sites is 2. The predicted octanol–water partition coefficient (Wildman–Crippen LogP) is 0.634. The van der Waals surface area contributed by atoms with Crippen LogP contribution in [0.25, 0.3) is 0 Å². The fourth-order valence-electron chi connectivity index (χ4n) is 2.57. The summed E-state index contributed by atoms with van der Waals surface area (Å²) in [7, 11) is 0. The van der Waals surface area contributed by atoms with Gasteiger partial charge in [-0.05, 0) is 31.0 Å². The highest BCUT2D eigenvalue weighted by atomic mass is 16.6. The van der Waals surface area contributed by atoms with Gasteiger partial charge < -0.3 is 20.1 Å². The number of fused-ring (bicyclic) bond motifs is 1. The average Bonchev–Trinajstić information content (AvgIpc) is 2.95. The van der Waals surface area contributed by atoms with Crippen LogP contribution in [-0.2, 0) is 4.79 Å². The Kier molecular flexibility index (Phi) is 3.29. The number of hydrogen-bond acceptors (Lipinski definition) is 4. The van der Waals surface area contributed by atoms with E-state index in [1.807, 2.05) is 29.2 Å². The van der Waals surface area contributed by atoms with E-state index < -0.39 is 6.10 Å². The van der Waals surface area contributed by atoms with Crippen LogP contribution in [0.15, 0.2) is 24.3 Å². The Balaban J connectivity index is 1.66. The Morgan fingerprint density at radius 1 is 1.37 bits per heavy atom. The molecule has 2 N–H and O–H groups in total. The lowest BCUT2D eigenvalue weighted by Crippen LogP contribution is -2.45. The zero-order valence-corrected chi connectivity index (χ0v) is 10.7. The summed E-state index contributed by atoms with van der Waals surface area (Å²) in [4.78, 5) is 14.2. The second-order valence-electron chi connectivity index (χ2n) is 5.04. The number of benzene rings is 1. The number of likely N-dealkylation sites (tertiary alicyclic amines) is 1. The summed E-state index contributed by atoms with van der Waals surface area (Å²) in [6, 6.07) is 7.42. The molecule has 0 aromatic heterocycles. The zero-order valence-electron chi connectivity index (χ0n) is 10.7. The van der Waals surface area contributed by atoms with Crippen LogP contribution in [0.1, 0.15) is 6.42 Å². The molecule has 2 aliphatic rings. The van der Waals surface area contributed by atoms with Gasteiger partial charge in [-0.3, -0.25) is 4.79 Å². The van der Waals surface area contributed by atoms with E-state index >= 15 is 0 Å². The standard InChI is InChI=1S/C14H18N2O3/c15-7-10-5-6-16(8-10)14(17)13-9-18-11-3-1-2-4-12(11)19-13/h1-4,10,13H,5-9,15H2/t10-,13+/m0/s1. The molecule has 5 heteroatoms. The van der Waals surface area contributed by atoms with Gasteiger partial charge in [0.2, 0.25) is 6.10 Å². The Labute approximate surface area is 112 Å². The second kappa shape index (κ2) is 5.09.